The first-order valence-corrected chi connectivity index (χ1v) is 11.1. The Kier molecular flexibility index (Phi) is 15.0. The Morgan fingerprint density at radius 3 is 1.74 bits per heavy atom. The molecule has 154 valence electrons. The van der Waals surface area contributed by atoms with Crippen LogP contribution in [-0.2, 0) is 4.79 Å². The number of thioether (sulfide) groups is 1. The maximum atomic E-state index is 10.6. The molecule has 0 spiro atoms. The molecule has 0 fully saturated rings. The molecule has 3 N–H and O–H groups in total. The van der Waals surface area contributed by atoms with E-state index in [9.17, 15) is 9.90 Å². The second-order valence-corrected chi connectivity index (χ2v) is 8.68. The van der Waals surface area contributed by atoms with E-state index in [1.807, 2.05) is 0 Å². The predicted octanol–water partition coefficient (Wildman–Crippen LogP) is 4.23. The molecule has 0 aliphatic rings. The van der Waals surface area contributed by atoms with Gasteiger partial charge in [-0.05, 0) is 73.1 Å². The molecule has 0 aromatic heterocycles. The molecule has 27 heavy (non-hydrogen) atoms. The molecule has 0 aromatic carbocycles. The zero-order chi connectivity index (χ0) is 20.7. The van der Waals surface area contributed by atoms with E-state index < -0.39 is 12.0 Å². The van der Waals surface area contributed by atoms with Crippen LogP contribution in [-0.4, -0.2) is 23.5 Å². The normalized spacial score (nSPS) is 14.2. The van der Waals surface area contributed by atoms with Crippen molar-refractivity contribution < 1.29 is 15.6 Å². The number of carbonyl (C=O) groups is 1. The number of hydrogen-bond acceptors (Lipinski definition) is 3. The van der Waals surface area contributed by atoms with Gasteiger partial charge < -0.3 is 15.6 Å². The van der Waals surface area contributed by atoms with Crippen molar-refractivity contribution in [3.05, 3.63) is 46.6 Å². The molecule has 0 bridgehead atoms. The second-order valence-electron chi connectivity index (χ2n) is 7.60. The number of quaternary nitrogens is 1. The van der Waals surface area contributed by atoms with Gasteiger partial charge in [0, 0.05) is 5.75 Å². The summed E-state index contributed by atoms with van der Waals surface area (Å²) in [4.78, 5) is 10.6. The van der Waals surface area contributed by atoms with Crippen LogP contribution in [0.5, 0.6) is 0 Å². The molecule has 0 aromatic rings. The fraction of sp³-hybridized carbons (Fsp3) is 0.609. The average molecular weight is 394 g/mol. The first-order chi connectivity index (χ1) is 12.7. The van der Waals surface area contributed by atoms with Gasteiger partial charge in [-0.25, -0.2) is 0 Å². The molecule has 0 amide bonds. The maximum Gasteiger partial charge on any atom is 0.134 e. The summed E-state index contributed by atoms with van der Waals surface area (Å²) in [5.74, 6) is 0.276. The van der Waals surface area contributed by atoms with Gasteiger partial charge in [0.15, 0.2) is 0 Å². The standard InChI is InChI=1S/C23H39NO2S/c1-18(2)9-6-10-19(3)11-7-12-20(4)13-8-14-21(5)15-16-27-17-22(24)23(25)26/h9,11,13,15,22H,6-8,10,12,14,16-17,24H2,1-5H3,(H,25,26)/b19-11+,20-13+,21-15+/t22-/m0/s1. The number of carbonyl (C=O) groups excluding carboxylic acids is 1. The van der Waals surface area contributed by atoms with E-state index in [1.54, 1.807) is 11.8 Å². The summed E-state index contributed by atoms with van der Waals surface area (Å²) >= 11 is 1.59. The lowest BCUT2D eigenvalue weighted by Crippen LogP contribution is -2.69. The van der Waals surface area contributed by atoms with E-state index in [-0.39, 0.29) is 0 Å². The summed E-state index contributed by atoms with van der Waals surface area (Å²) < 4.78 is 0. The molecule has 0 rings (SSSR count). The lowest BCUT2D eigenvalue weighted by atomic mass is 10.0. The minimum atomic E-state index is -1.07. The molecule has 4 heteroatoms. The van der Waals surface area contributed by atoms with Crippen LogP contribution in [0.25, 0.3) is 0 Å². The van der Waals surface area contributed by atoms with E-state index in [4.69, 9.17) is 0 Å². The Hall–Kier alpha value is -1.26. The summed E-state index contributed by atoms with van der Waals surface area (Å²) in [6, 6.07) is -0.626. The van der Waals surface area contributed by atoms with Crippen LogP contribution < -0.4 is 10.8 Å². The van der Waals surface area contributed by atoms with Crippen LogP contribution in [0.2, 0.25) is 0 Å². The van der Waals surface area contributed by atoms with E-state index in [1.165, 1.54) is 22.3 Å². The first kappa shape index (κ1) is 25.7. The van der Waals surface area contributed by atoms with Crippen molar-refractivity contribution in [1.82, 2.24) is 0 Å². The third-order valence-corrected chi connectivity index (χ3v) is 5.40. The Labute approximate surface area is 170 Å². The SMILES string of the molecule is CC(C)=CCC/C(C)=C/CC/C(C)=C/CC/C(C)=C/CSC[C@H]([NH3+])C(=O)[O-]. The van der Waals surface area contributed by atoms with Crippen molar-refractivity contribution in [1.29, 1.82) is 0 Å². The van der Waals surface area contributed by atoms with Crippen molar-refractivity contribution in [3.8, 4) is 0 Å². The van der Waals surface area contributed by atoms with Gasteiger partial charge in [-0.1, -0.05) is 46.6 Å². The third kappa shape index (κ3) is 16.6. The predicted molar refractivity (Wildman–Crippen MR) is 117 cm³/mol. The highest BCUT2D eigenvalue weighted by Crippen LogP contribution is 2.14. The van der Waals surface area contributed by atoms with Gasteiger partial charge in [0.1, 0.15) is 6.04 Å². The number of rotatable bonds is 14. The number of aliphatic carboxylic acids is 1. The minimum Gasteiger partial charge on any atom is -0.544 e. The molecule has 0 aliphatic heterocycles. The van der Waals surface area contributed by atoms with Gasteiger partial charge in [0.25, 0.3) is 0 Å². The van der Waals surface area contributed by atoms with Gasteiger partial charge in [0.05, 0.1) is 11.7 Å². The monoisotopic (exact) mass is 393 g/mol. The van der Waals surface area contributed by atoms with E-state index in [0.717, 1.165) is 44.3 Å². The van der Waals surface area contributed by atoms with Crippen LogP contribution in [0, 0.1) is 0 Å². The zero-order valence-corrected chi connectivity index (χ0v) is 18.8. The van der Waals surface area contributed by atoms with E-state index in [0.29, 0.717) is 5.75 Å². The summed E-state index contributed by atoms with van der Waals surface area (Å²) in [6.07, 6.45) is 15.9. The summed E-state index contributed by atoms with van der Waals surface area (Å²) in [7, 11) is 0. The highest BCUT2D eigenvalue weighted by molar-refractivity contribution is 7.99. The Morgan fingerprint density at radius 2 is 1.30 bits per heavy atom. The summed E-state index contributed by atoms with van der Waals surface area (Å²) in [5.41, 5.74) is 9.26. The molecule has 0 unspecified atom stereocenters. The van der Waals surface area contributed by atoms with Crippen LogP contribution in [0.15, 0.2) is 46.6 Å². The molecule has 3 nitrogen and oxygen atoms in total. The number of carboxylic acids is 1. The Balaban J connectivity index is 3.98. The number of hydrogen-bond donors (Lipinski definition) is 1. The topological polar surface area (TPSA) is 67.8 Å². The van der Waals surface area contributed by atoms with Crippen molar-refractivity contribution in [3.63, 3.8) is 0 Å². The highest BCUT2D eigenvalue weighted by Gasteiger charge is 2.05. The van der Waals surface area contributed by atoms with Crippen LogP contribution >= 0.6 is 11.8 Å². The lowest BCUT2D eigenvalue weighted by molar-refractivity contribution is -0.431. The number of allylic oxidation sites excluding steroid dienone is 7. The molecule has 0 saturated heterocycles. The van der Waals surface area contributed by atoms with Gasteiger partial charge >= 0.3 is 0 Å². The molecule has 0 aliphatic carbocycles. The maximum absolute atomic E-state index is 10.6. The molecule has 1 atom stereocenters. The molecular weight excluding hydrogens is 354 g/mol. The van der Waals surface area contributed by atoms with E-state index >= 15 is 0 Å². The fourth-order valence-electron chi connectivity index (χ4n) is 2.47. The third-order valence-electron chi connectivity index (χ3n) is 4.36. The van der Waals surface area contributed by atoms with Gasteiger partial charge in [0.2, 0.25) is 0 Å². The highest BCUT2D eigenvalue weighted by atomic mass is 32.2. The molecule has 0 saturated carbocycles. The number of carboxylic acid groups (broad SMARTS) is 1. The first-order valence-electron chi connectivity index (χ1n) is 9.94. The fourth-order valence-corrected chi connectivity index (χ4v) is 3.43. The zero-order valence-electron chi connectivity index (χ0n) is 18.0. The Morgan fingerprint density at radius 1 is 0.852 bits per heavy atom. The quantitative estimate of drug-likeness (QED) is 0.355. The van der Waals surface area contributed by atoms with Crippen molar-refractivity contribution in [2.45, 2.75) is 79.2 Å². The van der Waals surface area contributed by atoms with Crippen molar-refractivity contribution in [2.24, 2.45) is 0 Å². The van der Waals surface area contributed by atoms with Crippen LogP contribution in [0.1, 0.15) is 73.1 Å². The van der Waals surface area contributed by atoms with Gasteiger partial charge in [-0.2, -0.15) is 11.8 Å². The average Bonchev–Trinajstić information content (AvgIpc) is 2.58. The van der Waals surface area contributed by atoms with Crippen LogP contribution in [0.4, 0.5) is 0 Å². The summed E-state index contributed by atoms with van der Waals surface area (Å²) in [5, 5.41) is 10.6. The summed E-state index contributed by atoms with van der Waals surface area (Å²) in [6.45, 7) is 10.9. The lowest BCUT2D eigenvalue weighted by Gasteiger charge is -2.07. The molecule has 0 heterocycles. The van der Waals surface area contributed by atoms with Gasteiger partial charge in [-0.15, -0.1) is 0 Å². The van der Waals surface area contributed by atoms with Crippen molar-refractivity contribution in [2.75, 3.05) is 11.5 Å². The smallest absolute Gasteiger partial charge is 0.134 e. The Bertz CT molecular complexity index is 555. The second kappa shape index (κ2) is 15.8. The largest absolute Gasteiger partial charge is 0.544 e. The van der Waals surface area contributed by atoms with E-state index in [2.05, 4.69) is 64.7 Å². The molecular formula is C23H39NO2S. The minimum absolute atomic E-state index is 0.506. The van der Waals surface area contributed by atoms with Crippen molar-refractivity contribution >= 4 is 17.7 Å². The molecule has 0 radical (unpaired) electrons. The van der Waals surface area contributed by atoms with Crippen LogP contribution in [0.3, 0.4) is 0 Å². The van der Waals surface area contributed by atoms with Gasteiger partial charge in [-0.3, -0.25) is 0 Å².